The van der Waals surface area contributed by atoms with Crippen molar-refractivity contribution in [3.63, 3.8) is 0 Å². The fraction of sp³-hybridized carbons (Fsp3) is 0.522. The van der Waals surface area contributed by atoms with Gasteiger partial charge in [-0.05, 0) is 48.4 Å². The zero-order chi connectivity index (χ0) is 21.8. The first kappa shape index (κ1) is 22.0. The van der Waals surface area contributed by atoms with Gasteiger partial charge in [0.1, 0.15) is 0 Å². The average molecular weight is 413 g/mol. The Hall–Kier alpha value is -2.67. The van der Waals surface area contributed by atoms with Crippen molar-refractivity contribution in [3.05, 3.63) is 47.3 Å². The topological polar surface area (TPSA) is 96.1 Å². The number of ether oxygens (including phenoxy) is 1. The minimum atomic E-state index is -0.245. The number of nitrogens with one attached hydrogen (secondary N) is 3. The maximum atomic E-state index is 12.4. The lowest BCUT2D eigenvalue weighted by Crippen LogP contribution is -2.43. The Morgan fingerprint density at radius 1 is 1.13 bits per heavy atom. The predicted octanol–water partition coefficient (Wildman–Crippen LogP) is 4.17. The van der Waals surface area contributed by atoms with Crippen LogP contribution in [0.15, 0.2) is 30.3 Å². The van der Waals surface area contributed by atoms with Crippen LogP contribution in [0.2, 0.25) is 0 Å². The number of rotatable bonds is 6. The van der Waals surface area contributed by atoms with Gasteiger partial charge in [0.15, 0.2) is 5.69 Å². The number of H-pyrrole nitrogens is 1. The highest BCUT2D eigenvalue weighted by Crippen LogP contribution is 2.34. The summed E-state index contributed by atoms with van der Waals surface area (Å²) in [4.78, 5) is 24.0. The Morgan fingerprint density at radius 2 is 1.83 bits per heavy atom. The molecule has 0 aliphatic carbocycles. The molecular weight excluding hydrogens is 380 g/mol. The van der Waals surface area contributed by atoms with E-state index in [1.54, 1.807) is 13.0 Å². The summed E-state index contributed by atoms with van der Waals surface area (Å²) >= 11 is 0. The quantitative estimate of drug-likeness (QED) is 0.664. The number of hydrogen-bond acceptors (Lipinski definition) is 4. The highest BCUT2D eigenvalue weighted by molar-refractivity contribution is 6.02. The number of nitrogens with zero attached hydrogens (tertiary/aromatic N) is 1. The molecule has 2 heterocycles. The van der Waals surface area contributed by atoms with E-state index in [9.17, 15) is 9.59 Å². The van der Waals surface area contributed by atoms with E-state index in [2.05, 4.69) is 34.7 Å². The summed E-state index contributed by atoms with van der Waals surface area (Å²) < 4.78 is 6.31. The molecule has 0 radical (unpaired) electrons. The van der Waals surface area contributed by atoms with Gasteiger partial charge in [-0.25, -0.2) is 0 Å². The largest absolute Gasteiger partial charge is 0.370 e. The van der Waals surface area contributed by atoms with Gasteiger partial charge in [-0.3, -0.25) is 14.7 Å². The third-order valence-corrected chi connectivity index (χ3v) is 5.50. The van der Waals surface area contributed by atoms with Gasteiger partial charge in [0.05, 0.1) is 12.2 Å². The second-order valence-corrected chi connectivity index (χ2v) is 8.72. The normalized spacial score (nSPS) is 21.6. The van der Waals surface area contributed by atoms with Crippen molar-refractivity contribution in [2.24, 2.45) is 5.92 Å². The van der Waals surface area contributed by atoms with Crippen LogP contribution in [0.1, 0.15) is 81.2 Å². The van der Waals surface area contributed by atoms with Crippen molar-refractivity contribution >= 4 is 17.5 Å². The zero-order valence-electron chi connectivity index (χ0n) is 18.4. The van der Waals surface area contributed by atoms with Crippen LogP contribution in [0.5, 0.6) is 0 Å². The van der Waals surface area contributed by atoms with Gasteiger partial charge < -0.3 is 15.4 Å². The summed E-state index contributed by atoms with van der Waals surface area (Å²) in [5.74, 6) is 0.391. The lowest BCUT2D eigenvalue weighted by atomic mass is 9.90. The lowest BCUT2D eigenvalue weighted by molar-refractivity contribution is -0.123. The molecule has 3 atom stereocenters. The van der Waals surface area contributed by atoms with Crippen LogP contribution >= 0.6 is 0 Å². The molecule has 1 aromatic heterocycles. The number of amides is 2. The van der Waals surface area contributed by atoms with E-state index >= 15 is 0 Å². The summed E-state index contributed by atoms with van der Waals surface area (Å²) in [6, 6.07) is 9.56. The molecule has 1 aliphatic rings. The van der Waals surface area contributed by atoms with Gasteiger partial charge in [-0.15, -0.1) is 0 Å². The highest BCUT2D eigenvalue weighted by Gasteiger charge is 2.32. The standard InChI is InChI=1S/C23H32N4O3/c1-13(2)19-12-20(27-26-19)23(29)25-17-8-6-16(7-9-17)22-11-18(24-15(5)28)10-21(30-22)14(3)4/h6-9,12-14,18,21-22H,10-11H2,1-5H3,(H,24,28)(H,25,29)(H,26,27)/t18-,21-,22+/m1/s1. The Morgan fingerprint density at radius 3 is 2.40 bits per heavy atom. The molecule has 0 spiro atoms. The van der Waals surface area contributed by atoms with E-state index in [0.29, 0.717) is 17.3 Å². The Bertz CT molecular complexity index is 873. The van der Waals surface area contributed by atoms with Crippen molar-refractivity contribution in [1.29, 1.82) is 0 Å². The number of carbonyl (C=O) groups excluding carboxylic acids is 2. The Labute approximate surface area is 178 Å². The maximum absolute atomic E-state index is 12.4. The molecule has 3 N–H and O–H groups in total. The minimum Gasteiger partial charge on any atom is -0.370 e. The molecule has 1 fully saturated rings. The fourth-order valence-corrected chi connectivity index (χ4v) is 3.73. The first-order valence-electron chi connectivity index (χ1n) is 10.6. The molecule has 0 saturated carbocycles. The molecule has 30 heavy (non-hydrogen) atoms. The predicted molar refractivity (Wildman–Crippen MR) is 116 cm³/mol. The van der Waals surface area contributed by atoms with Gasteiger partial charge >= 0.3 is 0 Å². The third-order valence-electron chi connectivity index (χ3n) is 5.50. The number of aromatic amines is 1. The van der Waals surface area contributed by atoms with Crippen LogP contribution in [-0.4, -0.2) is 34.2 Å². The maximum Gasteiger partial charge on any atom is 0.276 e. The molecule has 0 unspecified atom stereocenters. The van der Waals surface area contributed by atoms with Crippen molar-refractivity contribution < 1.29 is 14.3 Å². The number of aromatic nitrogens is 2. The Kier molecular flexibility index (Phi) is 6.92. The van der Waals surface area contributed by atoms with E-state index in [4.69, 9.17) is 4.74 Å². The fourth-order valence-electron chi connectivity index (χ4n) is 3.73. The van der Waals surface area contributed by atoms with Crippen molar-refractivity contribution in [1.82, 2.24) is 15.5 Å². The first-order chi connectivity index (χ1) is 14.2. The lowest BCUT2D eigenvalue weighted by Gasteiger charge is -2.37. The molecule has 2 amide bonds. The number of anilines is 1. The second kappa shape index (κ2) is 9.43. The molecule has 162 valence electrons. The minimum absolute atomic E-state index is 0.0137. The van der Waals surface area contributed by atoms with Gasteiger partial charge in [0, 0.05) is 24.3 Å². The van der Waals surface area contributed by atoms with Crippen LogP contribution in [0, 0.1) is 5.92 Å². The van der Waals surface area contributed by atoms with Gasteiger partial charge in [0.2, 0.25) is 5.91 Å². The monoisotopic (exact) mass is 412 g/mol. The van der Waals surface area contributed by atoms with Crippen LogP contribution < -0.4 is 10.6 Å². The van der Waals surface area contributed by atoms with Gasteiger partial charge in [-0.1, -0.05) is 39.8 Å². The molecule has 0 bridgehead atoms. The summed E-state index contributed by atoms with van der Waals surface area (Å²) in [6.07, 6.45) is 1.56. The van der Waals surface area contributed by atoms with Gasteiger partial charge in [-0.2, -0.15) is 5.10 Å². The Balaban J connectivity index is 1.67. The highest BCUT2D eigenvalue weighted by atomic mass is 16.5. The number of benzene rings is 1. The van der Waals surface area contributed by atoms with Crippen molar-refractivity contribution in [2.75, 3.05) is 5.32 Å². The van der Waals surface area contributed by atoms with Crippen molar-refractivity contribution in [2.45, 2.75) is 71.6 Å². The van der Waals surface area contributed by atoms with Crippen LogP contribution in [-0.2, 0) is 9.53 Å². The zero-order valence-corrected chi connectivity index (χ0v) is 18.4. The third kappa shape index (κ3) is 5.48. The summed E-state index contributed by atoms with van der Waals surface area (Å²) in [5.41, 5.74) is 3.04. The first-order valence-corrected chi connectivity index (χ1v) is 10.6. The van der Waals surface area contributed by atoms with Gasteiger partial charge in [0.25, 0.3) is 5.91 Å². The molecule has 7 heteroatoms. The summed E-state index contributed by atoms with van der Waals surface area (Å²) in [7, 11) is 0. The van der Waals surface area contributed by atoms with Crippen LogP contribution in [0.3, 0.4) is 0 Å². The molecular formula is C23H32N4O3. The number of hydrogen-bond donors (Lipinski definition) is 3. The van der Waals surface area contributed by atoms with E-state index < -0.39 is 0 Å². The molecule has 3 rings (SSSR count). The van der Waals surface area contributed by atoms with E-state index in [1.807, 2.05) is 38.1 Å². The van der Waals surface area contributed by atoms with Crippen LogP contribution in [0.25, 0.3) is 0 Å². The van der Waals surface area contributed by atoms with E-state index in [1.165, 1.54) is 0 Å². The number of carbonyl (C=O) groups is 2. The average Bonchev–Trinajstić information content (AvgIpc) is 3.18. The molecule has 1 saturated heterocycles. The van der Waals surface area contributed by atoms with Crippen LogP contribution in [0.4, 0.5) is 5.69 Å². The summed E-state index contributed by atoms with van der Waals surface area (Å²) in [5, 5.41) is 12.9. The van der Waals surface area contributed by atoms with E-state index in [0.717, 1.165) is 24.1 Å². The summed E-state index contributed by atoms with van der Waals surface area (Å²) in [6.45, 7) is 9.91. The molecule has 2 aromatic rings. The van der Waals surface area contributed by atoms with Crippen molar-refractivity contribution in [3.8, 4) is 0 Å². The smallest absolute Gasteiger partial charge is 0.276 e. The molecule has 1 aromatic carbocycles. The SMILES string of the molecule is CC(=O)N[C@H]1C[C@@H](c2ccc(NC(=O)c3cc(C(C)C)[nH]n3)cc2)O[C@@H](C(C)C)C1. The molecule has 1 aliphatic heterocycles. The second-order valence-electron chi connectivity index (χ2n) is 8.72. The van der Waals surface area contributed by atoms with E-state index in [-0.39, 0.29) is 36.0 Å². The molecule has 7 nitrogen and oxygen atoms in total.